The molecule has 0 saturated carbocycles. The molecule has 1 N–H and O–H groups in total. The zero-order valence-corrected chi connectivity index (χ0v) is 12.6. The monoisotopic (exact) mass is 253 g/mol. The van der Waals surface area contributed by atoms with Crippen LogP contribution in [-0.2, 0) is 16.8 Å². The number of nitrogens with one attached hydrogen (secondary N) is 1. The molecule has 3 nitrogen and oxygen atoms in total. The third-order valence-corrected chi connectivity index (χ3v) is 3.02. The van der Waals surface area contributed by atoms with Crippen molar-refractivity contribution in [3.8, 4) is 0 Å². The van der Waals surface area contributed by atoms with Crippen molar-refractivity contribution in [1.29, 1.82) is 0 Å². The molecule has 0 bridgehead atoms. The van der Waals surface area contributed by atoms with Crippen LogP contribution >= 0.6 is 0 Å². The van der Waals surface area contributed by atoms with Crippen molar-refractivity contribution in [3.63, 3.8) is 0 Å². The second-order valence-corrected chi connectivity index (χ2v) is 6.51. The van der Waals surface area contributed by atoms with E-state index < -0.39 is 0 Å². The van der Waals surface area contributed by atoms with E-state index in [-0.39, 0.29) is 11.0 Å². The predicted molar refractivity (Wildman–Crippen MR) is 74.8 cm³/mol. The minimum atomic E-state index is 0.0459. The lowest BCUT2D eigenvalue weighted by atomic mass is 9.86. The third kappa shape index (κ3) is 4.83. The first-order chi connectivity index (χ1) is 8.24. The molecular weight excluding hydrogens is 226 g/mol. The highest BCUT2D eigenvalue weighted by Crippen LogP contribution is 2.28. The summed E-state index contributed by atoms with van der Waals surface area (Å²) in [5.41, 5.74) is 0.213. The summed E-state index contributed by atoms with van der Waals surface area (Å²) in [6.45, 7) is 12.5. The van der Waals surface area contributed by atoms with E-state index in [9.17, 15) is 0 Å². The molecule has 0 aliphatic rings. The molecule has 0 aliphatic carbocycles. The van der Waals surface area contributed by atoms with Gasteiger partial charge in [-0.25, -0.2) is 0 Å². The maximum atomic E-state index is 5.82. The van der Waals surface area contributed by atoms with Crippen molar-refractivity contribution in [2.24, 2.45) is 0 Å². The van der Waals surface area contributed by atoms with Crippen LogP contribution < -0.4 is 5.32 Å². The van der Waals surface area contributed by atoms with Crippen LogP contribution in [0.15, 0.2) is 16.5 Å². The molecule has 0 fully saturated rings. The second kappa shape index (κ2) is 5.89. The Morgan fingerprint density at radius 2 is 1.83 bits per heavy atom. The lowest BCUT2D eigenvalue weighted by Crippen LogP contribution is -2.38. The van der Waals surface area contributed by atoms with Crippen LogP contribution in [0.25, 0.3) is 0 Å². The summed E-state index contributed by atoms with van der Waals surface area (Å²) in [4.78, 5) is 0. The van der Waals surface area contributed by atoms with Crippen molar-refractivity contribution in [2.45, 2.75) is 58.6 Å². The van der Waals surface area contributed by atoms with Crippen LogP contribution in [-0.4, -0.2) is 19.2 Å². The van der Waals surface area contributed by atoms with Gasteiger partial charge in [-0.05, 0) is 45.9 Å². The van der Waals surface area contributed by atoms with Gasteiger partial charge in [0.1, 0.15) is 18.1 Å². The fourth-order valence-electron chi connectivity index (χ4n) is 1.83. The molecule has 0 aromatic carbocycles. The SMILES string of the molecule is COCc1ccc(C(C)(C)CCNC(C)(C)C)o1. The average Bonchev–Trinajstić information content (AvgIpc) is 2.65. The highest BCUT2D eigenvalue weighted by molar-refractivity contribution is 5.15. The lowest BCUT2D eigenvalue weighted by Gasteiger charge is -2.26. The summed E-state index contributed by atoms with van der Waals surface area (Å²) < 4.78 is 10.9. The van der Waals surface area contributed by atoms with Gasteiger partial charge in [0.15, 0.2) is 0 Å². The average molecular weight is 253 g/mol. The molecule has 104 valence electrons. The van der Waals surface area contributed by atoms with Gasteiger partial charge in [0.2, 0.25) is 0 Å². The van der Waals surface area contributed by atoms with E-state index in [0.29, 0.717) is 6.61 Å². The molecule has 1 rings (SSSR count). The molecule has 0 unspecified atom stereocenters. The highest BCUT2D eigenvalue weighted by Gasteiger charge is 2.24. The zero-order chi connectivity index (χ0) is 13.8. The number of furan rings is 1. The van der Waals surface area contributed by atoms with Crippen molar-refractivity contribution >= 4 is 0 Å². The van der Waals surface area contributed by atoms with Gasteiger partial charge < -0.3 is 14.5 Å². The lowest BCUT2D eigenvalue weighted by molar-refractivity contribution is 0.159. The first-order valence-corrected chi connectivity index (χ1v) is 6.58. The maximum Gasteiger partial charge on any atom is 0.129 e. The van der Waals surface area contributed by atoms with E-state index in [2.05, 4.69) is 46.0 Å². The molecule has 3 heteroatoms. The van der Waals surface area contributed by atoms with E-state index in [1.165, 1.54) is 0 Å². The standard InChI is InChI=1S/C15H27NO2/c1-14(2,3)16-10-9-15(4,5)13-8-7-12(18-13)11-17-6/h7-8,16H,9-11H2,1-6H3. The Balaban J connectivity index is 2.56. The van der Waals surface area contributed by atoms with E-state index in [1.54, 1.807) is 7.11 Å². The molecule has 0 saturated heterocycles. The summed E-state index contributed by atoms with van der Waals surface area (Å²) in [5.74, 6) is 1.93. The molecule has 0 radical (unpaired) electrons. The smallest absolute Gasteiger partial charge is 0.129 e. The fourth-order valence-corrected chi connectivity index (χ4v) is 1.83. The summed E-state index contributed by atoms with van der Waals surface area (Å²) >= 11 is 0. The Hall–Kier alpha value is -0.800. The quantitative estimate of drug-likeness (QED) is 0.843. The van der Waals surface area contributed by atoms with E-state index >= 15 is 0 Å². The maximum absolute atomic E-state index is 5.82. The van der Waals surface area contributed by atoms with Gasteiger partial charge in [0.25, 0.3) is 0 Å². The van der Waals surface area contributed by atoms with E-state index in [4.69, 9.17) is 9.15 Å². The minimum absolute atomic E-state index is 0.0459. The normalized spacial score (nSPS) is 13.0. The van der Waals surface area contributed by atoms with Gasteiger partial charge in [-0.2, -0.15) is 0 Å². The first-order valence-electron chi connectivity index (χ1n) is 6.58. The molecule has 1 aromatic rings. The summed E-state index contributed by atoms with van der Waals surface area (Å²) in [6, 6.07) is 4.06. The van der Waals surface area contributed by atoms with Crippen LogP contribution in [0.2, 0.25) is 0 Å². The molecule has 0 atom stereocenters. The summed E-state index contributed by atoms with van der Waals surface area (Å²) in [5, 5.41) is 3.51. The van der Waals surface area contributed by atoms with Crippen molar-refractivity contribution < 1.29 is 9.15 Å². The minimum Gasteiger partial charge on any atom is -0.463 e. The largest absolute Gasteiger partial charge is 0.463 e. The topological polar surface area (TPSA) is 34.4 Å². The number of ether oxygens (including phenoxy) is 1. The van der Waals surface area contributed by atoms with Crippen LogP contribution in [0.4, 0.5) is 0 Å². The molecule has 1 aromatic heterocycles. The van der Waals surface area contributed by atoms with Gasteiger partial charge in [0.05, 0.1) is 0 Å². The van der Waals surface area contributed by atoms with Gasteiger partial charge in [-0.3, -0.25) is 0 Å². The Morgan fingerprint density at radius 1 is 1.17 bits per heavy atom. The Kier molecular flexibility index (Phi) is 5.00. The number of hydrogen-bond donors (Lipinski definition) is 1. The zero-order valence-electron chi connectivity index (χ0n) is 12.6. The van der Waals surface area contributed by atoms with Crippen molar-refractivity contribution in [2.75, 3.05) is 13.7 Å². The van der Waals surface area contributed by atoms with Crippen molar-refractivity contribution in [3.05, 3.63) is 23.7 Å². The molecule has 0 amide bonds. The van der Waals surface area contributed by atoms with Gasteiger partial charge in [-0.15, -0.1) is 0 Å². The van der Waals surface area contributed by atoms with Gasteiger partial charge in [-0.1, -0.05) is 13.8 Å². The Morgan fingerprint density at radius 3 is 2.39 bits per heavy atom. The van der Waals surface area contributed by atoms with Crippen molar-refractivity contribution in [1.82, 2.24) is 5.32 Å². The summed E-state index contributed by atoms with van der Waals surface area (Å²) in [7, 11) is 1.68. The van der Waals surface area contributed by atoms with Gasteiger partial charge >= 0.3 is 0 Å². The predicted octanol–water partition coefficient (Wildman–Crippen LogP) is 3.48. The van der Waals surface area contributed by atoms with Crippen LogP contribution in [0.3, 0.4) is 0 Å². The Bertz CT molecular complexity index is 361. The Labute approximate surface area is 111 Å². The van der Waals surface area contributed by atoms with Crippen LogP contribution in [0.5, 0.6) is 0 Å². The molecular formula is C15H27NO2. The first kappa shape index (κ1) is 15.3. The second-order valence-electron chi connectivity index (χ2n) is 6.51. The van der Waals surface area contributed by atoms with Gasteiger partial charge in [0, 0.05) is 18.1 Å². The van der Waals surface area contributed by atoms with Crippen LogP contribution in [0, 0.1) is 0 Å². The van der Waals surface area contributed by atoms with E-state index in [1.807, 2.05) is 6.07 Å². The molecule has 0 spiro atoms. The molecule has 18 heavy (non-hydrogen) atoms. The molecule has 0 aliphatic heterocycles. The number of rotatable bonds is 6. The number of hydrogen-bond acceptors (Lipinski definition) is 3. The fraction of sp³-hybridized carbons (Fsp3) is 0.733. The molecule has 1 heterocycles. The summed E-state index contributed by atoms with van der Waals surface area (Å²) in [6.07, 6.45) is 1.05. The number of methoxy groups -OCH3 is 1. The third-order valence-electron chi connectivity index (χ3n) is 3.02. The highest BCUT2D eigenvalue weighted by atomic mass is 16.5. The van der Waals surface area contributed by atoms with E-state index in [0.717, 1.165) is 24.5 Å². The van der Waals surface area contributed by atoms with Crippen LogP contribution in [0.1, 0.15) is 52.6 Å².